The predicted octanol–water partition coefficient (Wildman–Crippen LogP) is 3.39. The average Bonchev–Trinajstić information content (AvgIpc) is 3.11. The first-order valence-corrected chi connectivity index (χ1v) is 7.80. The molecule has 1 aromatic heterocycles. The van der Waals surface area contributed by atoms with Crippen molar-refractivity contribution < 1.29 is 14.5 Å². The fraction of sp³-hybridized carbons (Fsp3) is 0.111. The molecule has 0 aliphatic carbocycles. The molecule has 0 unspecified atom stereocenters. The summed E-state index contributed by atoms with van der Waals surface area (Å²) in [5, 5.41) is 17.4. The Morgan fingerprint density at radius 1 is 1.19 bits per heavy atom. The second kappa shape index (κ2) is 7.47. The van der Waals surface area contributed by atoms with Crippen LogP contribution in [0.25, 0.3) is 0 Å². The van der Waals surface area contributed by atoms with Crippen LogP contribution in [-0.2, 0) is 6.73 Å². The molecule has 0 aliphatic rings. The molecule has 8 heteroatoms. The summed E-state index contributed by atoms with van der Waals surface area (Å²) >= 11 is 0. The molecule has 0 bridgehead atoms. The van der Waals surface area contributed by atoms with Gasteiger partial charge in [-0.1, -0.05) is 18.2 Å². The zero-order chi connectivity index (χ0) is 18.5. The van der Waals surface area contributed by atoms with Crippen LogP contribution in [0.1, 0.15) is 16.1 Å². The quantitative estimate of drug-likeness (QED) is 0.541. The van der Waals surface area contributed by atoms with Gasteiger partial charge in [0.25, 0.3) is 11.6 Å². The summed E-state index contributed by atoms with van der Waals surface area (Å²) in [7, 11) is 0. The second-order valence-electron chi connectivity index (χ2n) is 5.54. The number of benzene rings is 2. The van der Waals surface area contributed by atoms with Crippen molar-refractivity contribution in [1.82, 2.24) is 9.78 Å². The lowest BCUT2D eigenvalue weighted by Gasteiger charge is -2.08. The number of nitrogens with one attached hydrogen (secondary N) is 1. The van der Waals surface area contributed by atoms with E-state index in [0.29, 0.717) is 5.69 Å². The summed E-state index contributed by atoms with van der Waals surface area (Å²) in [6, 6.07) is 14.8. The van der Waals surface area contributed by atoms with E-state index < -0.39 is 10.8 Å². The number of nitrogens with zero attached hydrogens (tertiary/aromatic N) is 3. The Morgan fingerprint density at radius 2 is 1.92 bits per heavy atom. The molecule has 26 heavy (non-hydrogen) atoms. The van der Waals surface area contributed by atoms with Gasteiger partial charge < -0.3 is 10.1 Å². The molecule has 3 rings (SSSR count). The zero-order valence-corrected chi connectivity index (χ0v) is 14.0. The smallest absolute Gasteiger partial charge is 0.276 e. The largest absolute Gasteiger partial charge is 0.471 e. The fourth-order valence-corrected chi connectivity index (χ4v) is 2.27. The summed E-state index contributed by atoms with van der Waals surface area (Å²) < 4.78 is 7.19. The number of nitro benzene ring substituents is 1. The summed E-state index contributed by atoms with van der Waals surface area (Å²) in [5.74, 6) is 0.341. The van der Waals surface area contributed by atoms with Gasteiger partial charge in [-0.05, 0) is 36.8 Å². The van der Waals surface area contributed by atoms with Crippen molar-refractivity contribution in [3.05, 3.63) is 82.2 Å². The number of hydrogen-bond acceptors (Lipinski definition) is 5. The van der Waals surface area contributed by atoms with Crippen molar-refractivity contribution in [2.75, 3.05) is 5.32 Å². The van der Waals surface area contributed by atoms with Crippen LogP contribution in [0.3, 0.4) is 0 Å². The maximum Gasteiger partial charge on any atom is 0.276 e. The number of non-ortho nitro benzene ring substituents is 1. The molecule has 1 amide bonds. The highest BCUT2D eigenvalue weighted by Gasteiger charge is 2.11. The number of rotatable bonds is 6. The van der Waals surface area contributed by atoms with Gasteiger partial charge in [0.05, 0.1) is 4.92 Å². The molecule has 0 spiro atoms. The minimum absolute atomic E-state index is 0.0411. The lowest BCUT2D eigenvalue weighted by atomic mass is 10.2. The normalized spacial score (nSPS) is 10.3. The first-order chi connectivity index (χ1) is 12.5. The molecule has 2 aromatic carbocycles. The number of hydrogen-bond donors (Lipinski definition) is 1. The Bertz CT molecular complexity index is 934. The van der Waals surface area contributed by atoms with Crippen molar-refractivity contribution >= 4 is 17.3 Å². The van der Waals surface area contributed by atoms with E-state index in [1.165, 1.54) is 28.9 Å². The SMILES string of the molecule is Cc1ccccc1OCn1ccc(C(=O)Nc2ccc([N+](=O)[O-])cc2)n1. The van der Waals surface area contributed by atoms with Crippen LogP contribution in [0, 0.1) is 17.0 Å². The van der Waals surface area contributed by atoms with Crippen molar-refractivity contribution in [2.45, 2.75) is 13.7 Å². The lowest BCUT2D eigenvalue weighted by molar-refractivity contribution is -0.384. The number of anilines is 1. The Kier molecular flexibility index (Phi) is 4.93. The fourth-order valence-electron chi connectivity index (χ4n) is 2.27. The number of carbonyl (C=O) groups excluding carboxylic acids is 1. The number of aryl methyl sites for hydroxylation is 1. The molecular formula is C18H16N4O4. The summed E-state index contributed by atoms with van der Waals surface area (Å²) in [6.45, 7) is 2.12. The van der Waals surface area contributed by atoms with Gasteiger partial charge in [0.1, 0.15) is 5.75 Å². The summed E-state index contributed by atoms with van der Waals surface area (Å²) in [5.41, 5.74) is 1.64. The highest BCUT2D eigenvalue weighted by Crippen LogP contribution is 2.17. The molecule has 1 heterocycles. The van der Waals surface area contributed by atoms with E-state index in [0.717, 1.165) is 11.3 Å². The van der Waals surface area contributed by atoms with Gasteiger partial charge in [0.15, 0.2) is 12.4 Å². The van der Waals surface area contributed by atoms with Crippen molar-refractivity contribution in [3.63, 3.8) is 0 Å². The molecule has 0 saturated carbocycles. The van der Waals surface area contributed by atoms with Gasteiger partial charge in [-0.25, -0.2) is 4.68 Å². The summed E-state index contributed by atoms with van der Waals surface area (Å²) in [4.78, 5) is 22.4. The standard InChI is InChI=1S/C18H16N4O4/c1-13-4-2-3-5-17(13)26-12-21-11-10-16(20-21)18(23)19-14-6-8-15(9-7-14)22(24)25/h2-11H,12H2,1H3,(H,19,23). The number of para-hydroxylation sites is 1. The third kappa shape index (κ3) is 4.04. The molecule has 1 N–H and O–H groups in total. The van der Waals surface area contributed by atoms with Crippen molar-refractivity contribution in [1.29, 1.82) is 0 Å². The Hall–Kier alpha value is -3.68. The monoisotopic (exact) mass is 352 g/mol. The number of carbonyl (C=O) groups is 1. The molecule has 0 fully saturated rings. The predicted molar refractivity (Wildman–Crippen MR) is 95.1 cm³/mol. The maximum absolute atomic E-state index is 12.2. The van der Waals surface area contributed by atoms with E-state index in [-0.39, 0.29) is 18.1 Å². The highest BCUT2D eigenvalue weighted by atomic mass is 16.6. The van der Waals surface area contributed by atoms with Gasteiger partial charge in [-0.15, -0.1) is 0 Å². The third-order valence-corrected chi connectivity index (χ3v) is 3.66. The Balaban J connectivity index is 1.60. The van der Waals surface area contributed by atoms with E-state index in [1.807, 2.05) is 31.2 Å². The van der Waals surface area contributed by atoms with E-state index in [4.69, 9.17) is 4.74 Å². The van der Waals surface area contributed by atoms with E-state index in [2.05, 4.69) is 10.4 Å². The van der Waals surface area contributed by atoms with Crippen LogP contribution < -0.4 is 10.1 Å². The average molecular weight is 352 g/mol. The van der Waals surface area contributed by atoms with Gasteiger partial charge in [0, 0.05) is 24.0 Å². The topological polar surface area (TPSA) is 99.3 Å². The van der Waals surface area contributed by atoms with Gasteiger partial charge in [-0.2, -0.15) is 5.10 Å². The van der Waals surface area contributed by atoms with Crippen LogP contribution in [0.5, 0.6) is 5.75 Å². The minimum Gasteiger partial charge on any atom is -0.471 e. The van der Waals surface area contributed by atoms with Crippen LogP contribution in [0.4, 0.5) is 11.4 Å². The minimum atomic E-state index is -0.498. The van der Waals surface area contributed by atoms with Crippen LogP contribution in [0.2, 0.25) is 0 Å². The second-order valence-corrected chi connectivity index (χ2v) is 5.54. The molecule has 8 nitrogen and oxygen atoms in total. The van der Waals surface area contributed by atoms with E-state index >= 15 is 0 Å². The molecule has 0 aliphatic heterocycles. The summed E-state index contributed by atoms with van der Waals surface area (Å²) in [6.07, 6.45) is 1.64. The Morgan fingerprint density at radius 3 is 2.62 bits per heavy atom. The van der Waals surface area contributed by atoms with Crippen LogP contribution in [0.15, 0.2) is 60.8 Å². The molecule has 132 valence electrons. The lowest BCUT2D eigenvalue weighted by Crippen LogP contribution is -2.14. The van der Waals surface area contributed by atoms with Crippen molar-refractivity contribution in [3.8, 4) is 5.75 Å². The van der Waals surface area contributed by atoms with Gasteiger partial charge >= 0.3 is 0 Å². The molecule has 3 aromatic rings. The van der Waals surface area contributed by atoms with Crippen LogP contribution >= 0.6 is 0 Å². The molecule has 0 radical (unpaired) electrons. The molecule has 0 saturated heterocycles. The maximum atomic E-state index is 12.2. The Labute approximate surface area is 149 Å². The third-order valence-electron chi connectivity index (χ3n) is 3.66. The van der Waals surface area contributed by atoms with E-state index in [9.17, 15) is 14.9 Å². The van der Waals surface area contributed by atoms with Gasteiger partial charge in [-0.3, -0.25) is 14.9 Å². The zero-order valence-electron chi connectivity index (χ0n) is 14.0. The van der Waals surface area contributed by atoms with Crippen LogP contribution in [-0.4, -0.2) is 20.6 Å². The van der Waals surface area contributed by atoms with Gasteiger partial charge in [0.2, 0.25) is 0 Å². The molecular weight excluding hydrogens is 336 g/mol. The number of aromatic nitrogens is 2. The van der Waals surface area contributed by atoms with Crippen molar-refractivity contribution in [2.24, 2.45) is 0 Å². The highest BCUT2D eigenvalue weighted by molar-refractivity contribution is 6.02. The first-order valence-electron chi connectivity index (χ1n) is 7.80. The number of ether oxygens (including phenoxy) is 1. The molecule has 0 atom stereocenters. The number of amides is 1. The first kappa shape index (κ1) is 17.2. The number of nitro groups is 1. The van der Waals surface area contributed by atoms with E-state index in [1.54, 1.807) is 12.3 Å².